The molecule has 0 saturated heterocycles. The summed E-state index contributed by atoms with van der Waals surface area (Å²) < 4.78 is 0. The number of nitrogens with zero attached hydrogens (tertiary/aromatic N) is 1. The molecule has 1 saturated carbocycles. The molecule has 1 fully saturated rings. The van der Waals surface area contributed by atoms with Crippen LogP contribution in [0.3, 0.4) is 0 Å². The fourth-order valence-electron chi connectivity index (χ4n) is 2.21. The summed E-state index contributed by atoms with van der Waals surface area (Å²) in [6.45, 7) is 4.12. The van der Waals surface area contributed by atoms with Crippen LogP contribution in [0, 0.1) is 11.8 Å². The second kappa shape index (κ2) is 5.87. The van der Waals surface area contributed by atoms with Gasteiger partial charge in [0.15, 0.2) is 0 Å². The average molecular weight is 247 g/mol. The summed E-state index contributed by atoms with van der Waals surface area (Å²) in [5.41, 5.74) is 6.52. The molecule has 2 atom stereocenters. The summed E-state index contributed by atoms with van der Waals surface area (Å²) in [6.07, 6.45) is 1.15. The van der Waals surface area contributed by atoms with Crippen LogP contribution in [0.5, 0.6) is 0 Å². The maximum absolute atomic E-state index is 12.1. The van der Waals surface area contributed by atoms with Crippen LogP contribution in [-0.4, -0.2) is 25.7 Å². The van der Waals surface area contributed by atoms with Crippen molar-refractivity contribution in [2.24, 2.45) is 17.6 Å². The molecule has 0 radical (unpaired) electrons. The molecule has 1 aromatic rings. The van der Waals surface area contributed by atoms with Crippen molar-refractivity contribution >= 4 is 11.7 Å². The summed E-state index contributed by atoms with van der Waals surface area (Å²) in [4.78, 5) is 13.8. The van der Waals surface area contributed by atoms with E-state index in [0.29, 0.717) is 18.4 Å². The molecule has 0 heterocycles. The van der Waals surface area contributed by atoms with Crippen molar-refractivity contribution in [3.05, 3.63) is 30.3 Å². The largest absolute Gasteiger partial charge is 0.337 e. The number of anilines is 1. The van der Waals surface area contributed by atoms with Gasteiger partial charge in [0.1, 0.15) is 0 Å². The topological polar surface area (TPSA) is 58.4 Å². The van der Waals surface area contributed by atoms with E-state index in [1.807, 2.05) is 37.3 Å². The molecule has 0 unspecified atom stereocenters. The first kappa shape index (κ1) is 12.9. The van der Waals surface area contributed by atoms with E-state index in [0.717, 1.165) is 25.2 Å². The maximum Gasteiger partial charge on any atom is 0.321 e. The Morgan fingerprint density at radius 3 is 2.67 bits per heavy atom. The third kappa shape index (κ3) is 3.01. The van der Waals surface area contributed by atoms with E-state index in [1.54, 1.807) is 4.90 Å². The van der Waals surface area contributed by atoms with Gasteiger partial charge in [-0.2, -0.15) is 0 Å². The first-order valence-corrected chi connectivity index (χ1v) is 6.56. The summed E-state index contributed by atoms with van der Waals surface area (Å²) in [6, 6.07) is 9.70. The van der Waals surface area contributed by atoms with E-state index >= 15 is 0 Å². The highest BCUT2D eigenvalue weighted by Gasteiger charge is 2.35. The van der Waals surface area contributed by atoms with Gasteiger partial charge >= 0.3 is 6.03 Å². The monoisotopic (exact) mass is 247 g/mol. The number of nitrogens with two attached hydrogens (primary N) is 1. The molecule has 2 rings (SSSR count). The van der Waals surface area contributed by atoms with Gasteiger partial charge in [0.2, 0.25) is 0 Å². The molecule has 2 amide bonds. The highest BCUT2D eigenvalue weighted by Crippen LogP contribution is 2.36. The third-order valence-electron chi connectivity index (χ3n) is 3.52. The molecule has 1 aromatic carbocycles. The number of rotatable bonds is 5. The normalized spacial score (nSPS) is 21.4. The Balaban J connectivity index is 1.86. The summed E-state index contributed by atoms with van der Waals surface area (Å²) in [5, 5.41) is 2.99. The number of para-hydroxylation sites is 1. The number of hydrogen-bond donors (Lipinski definition) is 2. The molecule has 4 nitrogen and oxygen atoms in total. The average Bonchev–Trinajstić information content (AvgIpc) is 3.17. The van der Waals surface area contributed by atoms with Crippen LogP contribution in [0.4, 0.5) is 10.5 Å². The second-order valence-corrected chi connectivity index (χ2v) is 4.76. The maximum atomic E-state index is 12.1. The van der Waals surface area contributed by atoms with E-state index in [-0.39, 0.29) is 6.03 Å². The van der Waals surface area contributed by atoms with Crippen molar-refractivity contribution in [2.45, 2.75) is 13.3 Å². The third-order valence-corrected chi connectivity index (χ3v) is 3.52. The molecule has 0 aliphatic heterocycles. The highest BCUT2D eigenvalue weighted by molar-refractivity contribution is 5.91. The van der Waals surface area contributed by atoms with E-state index in [9.17, 15) is 4.79 Å². The Kier molecular flexibility index (Phi) is 4.20. The van der Waals surface area contributed by atoms with Crippen LogP contribution in [0.15, 0.2) is 30.3 Å². The van der Waals surface area contributed by atoms with Crippen LogP contribution >= 0.6 is 0 Å². The van der Waals surface area contributed by atoms with E-state index in [4.69, 9.17) is 5.73 Å². The minimum absolute atomic E-state index is 0.0219. The first-order valence-electron chi connectivity index (χ1n) is 6.56. The molecule has 18 heavy (non-hydrogen) atoms. The van der Waals surface area contributed by atoms with E-state index in [2.05, 4.69) is 5.32 Å². The minimum Gasteiger partial charge on any atom is -0.337 e. The fraction of sp³-hybridized carbons (Fsp3) is 0.500. The van der Waals surface area contributed by atoms with Crippen molar-refractivity contribution in [3.8, 4) is 0 Å². The number of carbonyl (C=O) groups excluding carboxylic acids is 1. The van der Waals surface area contributed by atoms with Crippen molar-refractivity contribution in [1.29, 1.82) is 0 Å². The number of nitrogens with one attached hydrogen (secondary N) is 1. The van der Waals surface area contributed by atoms with E-state index in [1.165, 1.54) is 0 Å². The molecule has 98 valence electrons. The van der Waals surface area contributed by atoms with Crippen LogP contribution in [0.25, 0.3) is 0 Å². The lowest BCUT2D eigenvalue weighted by molar-refractivity contribution is 0.246. The lowest BCUT2D eigenvalue weighted by atomic mass is 10.3. The van der Waals surface area contributed by atoms with Crippen LogP contribution < -0.4 is 16.0 Å². The SMILES string of the molecule is CCN(C(=O)NC[C@@H]1C[C@H]1CN)c1ccccc1. The predicted octanol–water partition coefficient (Wildman–Crippen LogP) is 1.82. The second-order valence-electron chi connectivity index (χ2n) is 4.76. The molecular weight excluding hydrogens is 226 g/mol. The van der Waals surface area contributed by atoms with Crippen LogP contribution in [-0.2, 0) is 0 Å². The molecule has 1 aliphatic rings. The van der Waals surface area contributed by atoms with Gasteiger partial charge in [0.05, 0.1) is 0 Å². The number of amides is 2. The standard InChI is InChI=1S/C14H21N3O/c1-2-17(13-6-4-3-5-7-13)14(18)16-10-12-8-11(12)9-15/h3-7,11-12H,2,8-10,15H2,1H3,(H,16,18)/t11-,12-/m0/s1. The molecule has 1 aliphatic carbocycles. The van der Waals surface area contributed by atoms with Gasteiger partial charge in [0.25, 0.3) is 0 Å². The molecule has 0 bridgehead atoms. The Bertz CT molecular complexity index is 393. The molecule has 0 spiro atoms. The molecular formula is C14H21N3O. The van der Waals surface area contributed by atoms with Gasteiger partial charge in [-0.05, 0) is 43.9 Å². The van der Waals surface area contributed by atoms with Gasteiger partial charge in [-0.25, -0.2) is 4.79 Å². The van der Waals surface area contributed by atoms with Gasteiger partial charge < -0.3 is 11.1 Å². The fourth-order valence-corrected chi connectivity index (χ4v) is 2.21. The Hall–Kier alpha value is -1.55. The van der Waals surface area contributed by atoms with Gasteiger partial charge in [0, 0.05) is 18.8 Å². The summed E-state index contributed by atoms with van der Waals surface area (Å²) >= 11 is 0. The number of benzene rings is 1. The number of urea groups is 1. The summed E-state index contributed by atoms with van der Waals surface area (Å²) in [5.74, 6) is 1.19. The van der Waals surface area contributed by atoms with Crippen molar-refractivity contribution in [1.82, 2.24) is 5.32 Å². The van der Waals surface area contributed by atoms with Crippen LogP contribution in [0.2, 0.25) is 0 Å². The smallest absolute Gasteiger partial charge is 0.321 e. The zero-order valence-electron chi connectivity index (χ0n) is 10.8. The minimum atomic E-state index is -0.0219. The zero-order valence-corrected chi connectivity index (χ0v) is 10.8. The number of carbonyl (C=O) groups is 1. The van der Waals surface area contributed by atoms with Gasteiger partial charge in [-0.1, -0.05) is 18.2 Å². The molecule has 0 aromatic heterocycles. The number of hydrogen-bond acceptors (Lipinski definition) is 2. The Morgan fingerprint density at radius 1 is 1.39 bits per heavy atom. The molecule has 3 N–H and O–H groups in total. The first-order chi connectivity index (χ1) is 8.76. The van der Waals surface area contributed by atoms with Crippen molar-refractivity contribution < 1.29 is 4.79 Å². The van der Waals surface area contributed by atoms with Crippen LogP contribution in [0.1, 0.15) is 13.3 Å². The zero-order chi connectivity index (χ0) is 13.0. The predicted molar refractivity (Wildman–Crippen MR) is 73.5 cm³/mol. The van der Waals surface area contributed by atoms with Gasteiger partial charge in [-0.15, -0.1) is 0 Å². The Labute approximate surface area is 108 Å². The molecule has 4 heteroatoms. The highest BCUT2D eigenvalue weighted by atomic mass is 16.2. The summed E-state index contributed by atoms with van der Waals surface area (Å²) in [7, 11) is 0. The quantitative estimate of drug-likeness (QED) is 0.833. The lowest BCUT2D eigenvalue weighted by Crippen LogP contribution is -2.41. The van der Waals surface area contributed by atoms with E-state index < -0.39 is 0 Å². The lowest BCUT2D eigenvalue weighted by Gasteiger charge is -2.21. The Morgan fingerprint density at radius 2 is 2.11 bits per heavy atom. The van der Waals surface area contributed by atoms with Crippen molar-refractivity contribution in [2.75, 3.05) is 24.5 Å². The van der Waals surface area contributed by atoms with Gasteiger partial charge in [-0.3, -0.25) is 4.90 Å². The van der Waals surface area contributed by atoms with Crippen molar-refractivity contribution in [3.63, 3.8) is 0 Å².